The smallest absolute Gasteiger partial charge is 0.254 e. The number of benzene rings is 1. The Hall–Kier alpha value is -0.630. The number of carbonyl (C=O) groups is 1. The predicted octanol–water partition coefficient (Wildman–Crippen LogP) is 1.45. The number of primary sulfonamides is 1. The first-order valence-electron chi connectivity index (χ1n) is 4.38. The van der Waals surface area contributed by atoms with Crippen molar-refractivity contribution in [1.82, 2.24) is 4.90 Å². The van der Waals surface area contributed by atoms with Crippen molar-refractivity contribution < 1.29 is 13.2 Å². The van der Waals surface area contributed by atoms with Crippen molar-refractivity contribution in [2.45, 2.75) is 4.90 Å². The summed E-state index contributed by atoms with van der Waals surface area (Å²) in [5.41, 5.74) is 0.0788. The first kappa shape index (κ1) is 14.4. The fourth-order valence-corrected chi connectivity index (χ4v) is 2.94. The van der Waals surface area contributed by atoms with E-state index in [9.17, 15) is 13.2 Å². The lowest BCUT2D eigenvalue weighted by Gasteiger charge is -2.13. The lowest BCUT2D eigenvalue weighted by atomic mass is 10.2. The van der Waals surface area contributed by atoms with Gasteiger partial charge >= 0.3 is 0 Å². The Kier molecular flexibility index (Phi) is 4.19. The molecule has 0 aliphatic rings. The summed E-state index contributed by atoms with van der Waals surface area (Å²) < 4.78 is 23.0. The lowest BCUT2D eigenvalue weighted by Crippen LogP contribution is -2.23. The molecule has 0 radical (unpaired) electrons. The highest BCUT2D eigenvalue weighted by molar-refractivity contribution is 9.10. The minimum absolute atomic E-state index is 0.0788. The molecule has 0 aliphatic heterocycles. The van der Waals surface area contributed by atoms with Crippen LogP contribution >= 0.6 is 27.5 Å². The molecule has 2 N–H and O–H groups in total. The Morgan fingerprint density at radius 1 is 1.41 bits per heavy atom. The van der Waals surface area contributed by atoms with Gasteiger partial charge in [0, 0.05) is 18.6 Å². The molecule has 0 bridgehead atoms. The minimum Gasteiger partial charge on any atom is -0.345 e. The van der Waals surface area contributed by atoms with Gasteiger partial charge in [-0.1, -0.05) is 27.5 Å². The average Bonchev–Trinajstić information content (AvgIpc) is 2.18. The maximum atomic E-state index is 11.8. The lowest BCUT2D eigenvalue weighted by molar-refractivity contribution is 0.0827. The van der Waals surface area contributed by atoms with Crippen LogP contribution in [0.15, 0.2) is 21.5 Å². The Bertz CT molecular complexity index is 572. The van der Waals surface area contributed by atoms with Crippen molar-refractivity contribution in [2.75, 3.05) is 14.1 Å². The highest BCUT2D eigenvalue weighted by Crippen LogP contribution is 2.29. The van der Waals surface area contributed by atoms with Crippen molar-refractivity contribution in [2.24, 2.45) is 5.14 Å². The second kappa shape index (κ2) is 4.93. The summed E-state index contributed by atoms with van der Waals surface area (Å²) in [6.07, 6.45) is 0. The van der Waals surface area contributed by atoms with Gasteiger partial charge in [-0.15, -0.1) is 0 Å². The topological polar surface area (TPSA) is 80.5 Å². The number of amides is 1. The molecule has 0 spiro atoms. The first-order valence-corrected chi connectivity index (χ1v) is 7.10. The molecule has 1 aromatic carbocycles. The number of carbonyl (C=O) groups excluding carboxylic acids is 1. The van der Waals surface area contributed by atoms with Crippen LogP contribution in [0, 0.1) is 0 Å². The summed E-state index contributed by atoms with van der Waals surface area (Å²) in [6, 6.07) is 2.70. The Labute approximate surface area is 113 Å². The van der Waals surface area contributed by atoms with Crippen molar-refractivity contribution in [3.05, 3.63) is 27.2 Å². The fourth-order valence-electron chi connectivity index (χ4n) is 1.17. The van der Waals surface area contributed by atoms with Gasteiger partial charge in [-0.25, -0.2) is 13.6 Å². The second-order valence-corrected chi connectivity index (χ2v) is 6.33. The number of nitrogens with two attached hydrogens (primary N) is 1. The summed E-state index contributed by atoms with van der Waals surface area (Å²) in [5, 5.41) is 4.84. The van der Waals surface area contributed by atoms with E-state index in [0.717, 1.165) is 0 Å². The van der Waals surface area contributed by atoms with Crippen LogP contribution in [-0.4, -0.2) is 33.3 Å². The molecule has 0 aliphatic carbocycles. The standard InChI is InChI=1S/C9H10BrClN2O3S/c1-13(2)9(14)6-3-5(10)4-7(8(6)11)17(12,15)16/h3-4H,1-2H3,(H2,12,15,16). The van der Waals surface area contributed by atoms with Crippen molar-refractivity contribution >= 4 is 43.5 Å². The van der Waals surface area contributed by atoms with E-state index in [0.29, 0.717) is 4.47 Å². The average molecular weight is 342 g/mol. The Morgan fingerprint density at radius 2 is 1.94 bits per heavy atom. The Balaban J connectivity index is 3.56. The van der Waals surface area contributed by atoms with Gasteiger partial charge in [0.2, 0.25) is 10.0 Å². The molecule has 0 saturated carbocycles. The second-order valence-electron chi connectivity index (χ2n) is 3.51. The molecular formula is C9H10BrClN2O3S. The highest BCUT2D eigenvalue weighted by Gasteiger charge is 2.21. The number of hydrogen-bond donors (Lipinski definition) is 1. The molecule has 17 heavy (non-hydrogen) atoms. The SMILES string of the molecule is CN(C)C(=O)c1cc(Br)cc(S(N)(=O)=O)c1Cl. The third-order valence-corrected chi connectivity index (χ3v) is 3.86. The zero-order valence-electron chi connectivity index (χ0n) is 9.07. The molecule has 94 valence electrons. The summed E-state index contributed by atoms with van der Waals surface area (Å²) in [5.74, 6) is -0.402. The van der Waals surface area contributed by atoms with Crippen LogP contribution in [0.25, 0.3) is 0 Å². The van der Waals surface area contributed by atoms with E-state index >= 15 is 0 Å². The largest absolute Gasteiger partial charge is 0.345 e. The van der Waals surface area contributed by atoms with Crippen LogP contribution < -0.4 is 5.14 Å². The maximum Gasteiger partial charge on any atom is 0.254 e. The molecule has 1 aromatic rings. The van der Waals surface area contributed by atoms with Crippen molar-refractivity contribution in [3.63, 3.8) is 0 Å². The molecule has 0 heterocycles. The molecule has 5 nitrogen and oxygen atoms in total. The van der Waals surface area contributed by atoms with Crippen LogP contribution in [0.4, 0.5) is 0 Å². The van der Waals surface area contributed by atoms with Gasteiger partial charge < -0.3 is 4.90 Å². The fraction of sp³-hybridized carbons (Fsp3) is 0.222. The van der Waals surface area contributed by atoms with Crippen molar-refractivity contribution in [1.29, 1.82) is 0 Å². The molecule has 0 fully saturated rings. The van der Waals surface area contributed by atoms with Gasteiger partial charge in [0.25, 0.3) is 5.91 Å². The Morgan fingerprint density at radius 3 is 2.35 bits per heavy atom. The summed E-state index contributed by atoms with van der Waals surface area (Å²) in [6.45, 7) is 0. The first-order chi connectivity index (χ1) is 7.64. The number of sulfonamides is 1. The zero-order chi connectivity index (χ0) is 13.4. The molecule has 0 saturated heterocycles. The van der Waals surface area contributed by atoms with E-state index in [-0.39, 0.29) is 15.5 Å². The van der Waals surface area contributed by atoms with Gasteiger partial charge in [0.1, 0.15) is 4.90 Å². The number of hydrogen-bond acceptors (Lipinski definition) is 3. The number of rotatable bonds is 2. The van der Waals surface area contributed by atoms with E-state index in [1.807, 2.05) is 0 Å². The summed E-state index contributed by atoms with van der Waals surface area (Å²) in [7, 11) is -0.895. The van der Waals surface area contributed by atoms with E-state index < -0.39 is 15.9 Å². The van der Waals surface area contributed by atoms with E-state index in [1.54, 1.807) is 0 Å². The van der Waals surface area contributed by atoms with E-state index in [4.69, 9.17) is 16.7 Å². The van der Waals surface area contributed by atoms with E-state index in [1.165, 1.54) is 31.1 Å². The molecule has 1 amide bonds. The molecular weight excluding hydrogens is 332 g/mol. The van der Waals surface area contributed by atoms with Crippen LogP contribution in [-0.2, 0) is 10.0 Å². The zero-order valence-corrected chi connectivity index (χ0v) is 12.2. The van der Waals surface area contributed by atoms with Gasteiger partial charge in [0.15, 0.2) is 0 Å². The molecule has 0 aromatic heterocycles. The minimum atomic E-state index is -3.97. The predicted molar refractivity (Wildman–Crippen MR) is 68.5 cm³/mol. The van der Waals surface area contributed by atoms with Gasteiger partial charge in [-0.2, -0.15) is 0 Å². The monoisotopic (exact) mass is 340 g/mol. The van der Waals surface area contributed by atoms with E-state index in [2.05, 4.69) is 15.9 Å². The maximum absolute atomic E-state index is 11.8. The van der Waals surface area contributed by atoms with Gasteiger partial charge in [-0.3, -0.25) is 4.79 Å². The summed E-state index contributed by atoms with van der Waals surface area (Å²) in [4.78, 5) is 12.8. The summed E-state index contributed by atoms with van der Waals surface area (Å²) >= 11 is 8.98. The molecule has 0 atom stereocenters. The number of halogens is 2. The van der Waals surface area contributed by atoms with Gasteiger partial charge in [-0.05, 0) is 12.1 Å². The third kappa shape index (κ3) is 3.19. The van der Waals surface area contributed by atoms with Crippen LogP contribution in [0.3, 0.4) is 0 Å². The highest BCUT2D eigenvalue weighted by atomic mass is 79.9. The molecule has 8 heteroatoms. The normalized spacial score (nSPS) is 11.4. The molecule has 0 unspecified atom stereocenters. The quantitative estimate of drug-likeness (QED) is 0.884. The van der Waals surface area contributed by atoms with Crippen LogP contribution in [0.1, 0.15) is 10.4 Å². The van der Waals surface area contributed by atoms with Crippen LogP contribution in [0.2, 0.25) is 5.02 Å². The third-order valence-electron chi connectivity index (χ3n) is 1.95. The van der Waals surface area contributed by atoms with Crippen molar-refractivity contribution in [3.8, 4) is 0 Å². The molecule has 1 rings (SSSR count). The number of nitrogens with zero attached hydrogens (tertiary/aromatic N) is 1. The van der Waals surface area contributed by atoms with Gasteiger partial charge in [0.05, 0.1) is 10.6 Å². The van der Waals surface area contributed by atoms with Crippen LogP contribution in [0.5, 0.6) is 0 Å².